The number of thiophene rings is 1. The molecule has 0 saturated heterocycles. The largest absolute Gasteiger partial charge is 0.404 e. The molecule has 0 amide bonds. The molecule has 0 aliphatic carbocycles. The monoisotopic (exact) mass is 294 g/mol. The van der Waals surface area contributed by atoms with Crippen molar-refractivity contribution in [1.82, 2.24) is 4.98 Å². The molecule has 0 fully saturated rings. The van der Waals surface area contributed by atoms with E-state index in [2.05, 4.69) is 27.5 Å². The SMILES string of the molecule is N/C=C\C(N)=N/c1cc2ccccc2c(-c2ccsc2)n1. The van der Waals surface area contributed by atoms with Gasteiger partial charge >= 0.3 is 0 Å². The highest BCUT2D eigenvalue weighted by Crippen LogP contribution is 2.31. The standard InChI is InChI=1S/C16H14N4S/c17-7-5-14(18)19-15-9-11-3-1-2-4-13(11)16(20-15)12-6-8-21-10-12/h1-10H,17H2,(H2,18,19,20)/b7-5-. The summed E-state index contributed by atoms with van der Waals surface area (Å²) in [5.41, 5.74) is 13.1. The van der Waals surface area contributed by atoms with E-state index in [1.54, 1.807) is 17.4 Å². The van der Waals surface area contributed by atoms with Crippen LogP contribution in [0.5, 0.6) is 0 Å². The van der Waals surface area contributed by atoms with Crippen LogP contribution >= 0.6 is 11.3 Å². The van der Waals surface area contributed by atoms with Crippen molar-refractivity contribution in [2.75, 3.05) is 0 Å². The molecule has 0 aliphatic rings. The Balaban J connectivity index is 2.23. The topological polar surface area (TPSA) is 77.3 Å². The van der Waals surface area contributed by atoms with Gasteiger partial charge < -0.3 is 11.5 Å². The van der Waals surface area contributed by atoms with Crippen molar-refractivity contribution in [3.05, 3.63) is 59.4 Å². The van der Waals surface area contributed by atoms with E-state index >= 15 is 0 Å². The minimum Gasteiger partial charge on any atom is -0.404 e. The molecule has 0 radical (unpaired) electrons. The van der Waals surface area contributed by atoms with Crippen LogP contribution in [0.2, 0.25) is 0 Å². The van der Waals surface area contributed by atoms with Crippen molar-refractivity contribution in [3.8, 4) is 11.3 Å². The van der Waals surface area contributed by atoms with Gasteiger partial charge in [0, 0.05) is 16.3 Å². The molecule has 5 heteroatoms. The van der Waals surface area contributed by atoms with E-state index < -0.39 is 0 Å². The van der Waals surface area contributed by atoms with E-state index in [1.807, 2.05) is 29.6 Å². The first-order valence-corrected chi connectivity index (χ1v) is 7.37. The highest BCUT2D eigenvalue weighted by molar-refractivity contribution is 7.08. The van der Waals surface area contributed by atoms with E-state index in [9.17, 15) is 0 Å². The highest BCUT2D eigenvalue weighted by atomic mass is 32.1. The number of benzene rings is 1. The molecule has 1 aromatic carbocycles. The predicted octanol–water partition coefficient (Wildman–Crippen LogP) is 3.42. The molecule has 3 rings (SSSR count). The molecule has 0 spiro atoms. The van der Waals surface area contributed by atoms with Crippen LogP contribution in [0.25, 0.3) is 22.0 Å². The van der Waals surface area contributed by atoms with Gasteiger partial charge in [0.15, 0.2) is 5.82 Å². The Bertz CT molecular complexity index is 819. The number of aromatic nitrogens is 1. The Hall–Kier alpha value is -2.66. The summed E-state index contributed by atoms with van der Waals surface area (Å²) >= 11 is 1.64. The van der Waals surface area contributed by atoms with Crippen LogP contribution in [0.3, 0.4) is 0 Å². The Kier molecular flexibility index (Phi) is 3.66. The minimum atomic E-state index is 0.330. The van der Waals surface area contributed by atoms with Crippen LogP contribution in [0.1, 0.15) is 0 Å². The highest BCUT2D eigenvalue weighted by Gasteiger charge is 2.08. The third-order valence-electron chi connectivity index (χ3n) is 3.03. The Morgan fingerprint density at radius 3 is 2.86 bits per heavy atom. The van der Waals surface area contributed by atoms with Crippen molar-refractivity contribution in [3.63, 3.8) is 0 Å². The van der Waals surface area contributed by atoms with Gasteiger partial charge in [-0.3, -0.25) is 0 Å². The summed E-state index contributed by atoms with van der Waals surface area (Å²) in [6.07, 6.45) is 2.90. The minimum absolute atomic E-state index is 0.330. The number of pyridine rings is 1. The summed E-state index contributed by atoms with van der Waals surface area (Å²) in [5, 5.41) is 6.29. The molecule has 0 saturated carbocycles. The lowest BCUT2D eigenvalue weighted by Crippen LogP contribution is -2.07. The predicted molar refractivity (Wildman–Crippen MR) is 89.7 cm³/mol. The molecule has 104 valence electrons. The Morgan fingerprint density at radius 2 is 2.10 bits per heavy atom. The molecule has 0 bridgehead atoms. The maximum atomic E-state index is 5.77. The van der Waals surface area contributed by atoms with Gasteiger partial charge in [0.05, 0.1) is 5.69 Å². The Morgan fingerprint density at radius 1 is 1.24 bits per heavy atom. The van der Waals surface area contributed by atoms with Gasteiger partial charge in [0.2, 0.25) is 0 Å². The average Bonchev–Trinajstić information content (AvgIpc) is 3.00. The molecule has 0 atom stereocenters. The Labute approximate surface area is 126 Å². The second-order valence-electron chi connectivity index (χ2n) is 4.46. The number of rotatable bonds is 3. The average molecular weight is 294 g/mol. The summed E-state index contributed by atoms with van der Waals surface area (Å²) in [4.78, 5) is 8.92. The summed E-state index contributed by atoms with van der Waals surface area (Å²) in [6, 6.07) is 12.1. The summed E-state index contributed by atoms with van der Waals surface area (Å²) < 4.78 is 0. The fraction of sp³-hybridized carbons (Fsp3) is 0. The zero-order valence-electron chi connectivity index (χ0n) is 11.2. The maximum absolute atomic E-state index is 5.77. The quantitative estimate of drug-likeness (QED) is 0.574. The van der Waals surface area contributed by atoms with Crippen LogP contribution in [-0.4, -0.2) is 10.8 Å². The summed E-state index contributed by atoms with van der Waals surface area (Å²) in [6.45, 7) is 0. The first-order chi connectivity index (χ1) is 10.3. The van der Waals surface area contributed by atoms with Crippen LogP contribution < -0.4 is 11.5 Å². The number of aliphatic imine (C=N–C) groups is 1. The molecular weight excluding hydrogens is 280 g/mol. The van der Waals surface area contributed by atoms with Gasteiger partial charge in [-0.1, -0.05) is 24.3 Å². The van der Waals surface area contributed by atoms with Crippen LogP contribution in [0.4, 0.5) is 5.82 Å². The lowest BCUT2D eigenvalue weighted by molar-refractivity contribution is 1.29. The molecule has 21 heavy (non-hydrogen) atoms. The summed E-state index contributed by atoms with van der Waals surface area (Å²) in [7, 11) is 0. The number of hydrogen-bond acceptors (Lipinski definition) is 4. The van der Waals surface area contributed by atoms with E-state index in [0.29, 0.717) is 11.7 Å². The van der Waals surface area contributed by atoms with Crippen molar-refractivity contribution < 1.29 is 0 Å². The molecule has 2 aromatic heterocycles. The van der Waals surface area contributed by atoms with Gasteiger partial charge in [0.25, 0.3) is 0 Å². The van der Waals surface area contributed by atoms with Gasteiger partial charge in [-0.15, -0.1) is 0 Å². The van der Waals surface area contributed by atoms with Crippen molar-refractivity contribution in [1.29, 1.82) is 0 Å². The van der Waals surface area contributed by atoms with Crippen LogP contribution in [-0.2, 0) is 0 Å². The van der Waals surface area contributed by atoms with Crippen molar-refractivity contribution >= 4 is 33.8 Å². The van der Waals surface area contributed by atoms with E-state index in [1.165, 1.54) is 6.20 Å². The number of amidine groups is 1. The number of nitrogens with zero attached hydrogens (tertiary/aromatic N) is 2. The second-order valence-corrected chi connectivity index (χ2v) is 5.24. The van der Waals surface area contributed by atoms with Gasteiger partial charge in [-0.05, 0) is 35.2 Å². The molecule has 3 aromatic rings. The fourth-order valence-corrected chi connectivity index (χ4v) is 2.77. The molecule has 2 heterocycles. The zero-order valence-corrected chi connectivity index (χ0v) is 12.0. The number of hydrogen-bond donors (Lipinski definition) is 2. The fourth-order valence-electron chi connectivity index (χ4n) is 2.13. The van der Waals surface area contributed by atoms with E-state index in [0.717, 1.165) is 22.0 Å². The molecule has 4 N–H and O–H groups in total. The summed E-state index contributed by atoms with van der Waals surface area (Å²) in [5.74, 6) is 0.905. The number of nitrogens with two attached hydrogens (primary N) is 2. The lowest BCUT2D eigenvalue weighted by atomic mass is 10.1. The smallest absolute Gasteiger partial charge is 0.155 e. The molecule has 4 nitrogen and oxygen atoms in total. The van der Waals surface area contributed by atoms with Gasteiger partial charge in [-0.2, -0.15) is 11.3 Å². The van der Waals surface area contributed by atoms with E-state index in [-0.39, 0.29) is 0 Å². The van der Waals surface area contributed by atoms with Crippen molar-refractivity contribution in [2.45, 2.75) is 0 Å². The number of fused-ring (bicyclic) bond motifs is 1. The first kappa shape index (κ1) is 13.3. The second kappa shape index (κ2) is 5.76. The van der Waals surface area contributed by atoms with Gasteiger partial charge in [0.1, 0.15) is 5.84 Å². The van der Waals surface area contributed by atoms with Crippen LogP contribution in [0.15, 0.2) is 64.4 Å². The molecular formula is C16H14N4S. The van der Waals surface area contributed by atoms with E-state index in [4.69, 9.17) is 11.5 Å². The lowest BCUT2D eigenvalue weighted by Gasteiger charge is -2.06. The third-order valence-corrected chi connectivity index (χ3v) is 3.72. The first-order valence-electron chi connectivity index (χ1n) is 6.43. The normalized spacial score (nSPS) is 12.3. The third kappa shape index (κ3) is 2.78. The zero-order chi connectivity index (χ0) is 14.7. The maximum Gasteiger partial charge on any atom is 0.155 e. The molecule has 0 aliphatic heterocycles. The molecule has 0 unspecified atom stereocenters. The van der Waals surface area contributed by atoms with Crippen LogP contribution in [0, 0.1) is 0 Å². The van der Waals surface area contributed by atoms with Crippen molar-refractivity contribution in [2.24, 2.45) is 16.5 Å². The van der Waals surface area contributed by atoms with Gasteiger partial charge in [-0.25, -0.2) is 9.98 Å².